The molecule has 106 valence electrons. The molecule has 0 spiro atoms. The minimum Gasteiger partial charge on any atom is -0.481 e. The van der Waals surface area contributed by atoms with E-state index in [1.165, 1.54) is 4.88 Å². The van der Waals surface area contributed by atoms with Crippen molar-refractivity contribution in [2.45, 2.75) is 39.2 Å². The van der Waals surface area contributed by atoms with E-state index in [2.05, 4.69) is 11.8 Å². The number of thiophene rings is 1. The number of aliphatic carboxylic acids is 1. The van der Waals surface area contributed by atoms with Gasteiger partial charge in [-0.1, -0.05) is 24.9 Å². The van der Waals surface area contributed by atoms with Crippen LogP contribution in [-0.4, -0.2) is 29.1 Å². The Kier molecular flexibility index (Phi) is 4.87. The summed E-state index contributed by atoms with van der Waals surface area (Å²) < 4.78 is 0. The maximum absolute atomic E-state index is 11.5. The first kappa shape index (κ1) is 14.8. The second-order valence-electron chi connectivity index (χ2n) is 5.34. The number of carboxylic acid groups (broad SMARTS) is 1. The second-order valence-corrected chi connectivity index (χ2v) is 6.78. The summed E-state index contributed by atoms with van der Waals surface area (Å²) in [5.74, 6) is -0.617. The zero-order valence-corrected chi connectivity index (χ0v) is 12.8. The highest BCUT2D eigenvalue weighted by atomic mass is 35.5. The lowest BCUT2D eigenvalue weighted by Crippen LogP contribution is -2.43. The summed E-state index contributed by atoms with van der Waals surface area (Å²) >= 11 is 7.59. The average Bonchev–Trinajstić information content (AvgIpc) is 2.77. The summed E-state index contributed by atoms with van der Waals surface area (Å²) in [5.41, 5.74) is -0.488. The van der Waals surface area contributed by atoms with Crippen LogP contribution in [0, 0.1) is 5.41 Å². The molecule has 3 nitrogen and oxygen atoms in total. The van der Waals surface area contributed by atoms with E-state index in [4.69, 9.17) is 11.6 Å². The van der Waals surface area contributed by atoms with Gasteiger partial charge in [-0.25, -0.2) is 0 Å². The Morgan fingerprint density at radius 2 is 2.21 bits per heavy atom. The van der Waals surface area contributed by atoms with Gasteiger partial charge in [0.2, 0.25) is 0 Å². The third kappa shape index (κ3) is 3.50. The Morgan fingerprint density at radius 3 is 2.68 bits per heavy atom. The van der Waals surface area contributed by atoms with Gasteiger partial charge in [-0.3, -0.25) is 9.69 Å². The fourth-order valence-corrected chi connectivity index (χ4v) is 3.96. The lowest BCUT2D eigenvalue weighted by molar-refractivity contribution is -0.152. The van der Waals surface area contributed by atoms with Gasteiger partial charge in [-0.15, -0.1) is 11.3 Å². The zero-order valence-electron chi connectivity index (χ0n) is 11.2. The van der Waals surface area contributed by atoms with E-state index in [0.29, 0.717) is 0 Å². The van der Waals surface area contributed by atoms with Crippen molar-refractivity contribution >= 4 is 28.9 Å². The van der Waals surface area contributed by atoms with Crippen molar-refractivity contribution in [3.63, 3.8) is 0 Å². The SMILES string of the molecule is CCCC1(C(=O)O)CCN(Cc2cc(Cl)cs2)CC1. The molecule has 0 unspecified atom stereocenters. The van der Waals surface area contributed by atoms with Crippen LogP contribution in [0.1, 0.15) is 37.5 Å². The number of nitrogens with zero attached hydrogens (tertiary/aromatic N) is 1. The monoisotopic (exact) mass is 301 g/mol. The van der Waals surface area contributed by atoms with Gasteiger partial charge >= 0.3 is 5.97 Å². The predicted molar refractivity (Wildman–Crippen MR) is 78.8 cm³/mol. The summed E-state index contributed by atoms with van der Waals surface area (Å²) in [7, 11) is 0. The van der Waals surface area contributed by atoms with Crippen LogP contribution in [0.5, 0.6) is 0 Å². The molecule has 19 heavy (non-hydrogen) atoms. The zero-order chi connectivity index (χ0) is 13.9. The van der Waals surface area contributed by atoms with E-state index < -0.39 is 11.4 Å². The molecule has 0 bridgehead atoms. The Labute approximate surface area is 123 Å². The summed E-state index contributed by atoms with van der Waals surface area (Å²) in [4.78, 5) is 15.1. The third-order valence-corrected chi connectivity index (χ3v) is 5.27. The fourth-order valence-electron chi connectivity index (χ4n) is 2.85. The maximum atomic E-state index is 11.5. The van der Waals surface area contributed by atoms with Crippen LogP contribution in [0.15, 0.2) is 11.4 Å². The molecule has 1 saturated heterocycles. The normalized spacial score (nSPS) is 19.5. The minimum atomic E-state index is -0.617. The van der Waals surface area contributed by atoms with Crippen molar-refractivity contribution in [2.75, 3.05) is 13.1 Å². The number of hydrogen-bond donors (Lipinski definition) is 1. The average molecular weight is 302 g/mol. The van der Waals surface area contributed by atoms with E-state index in [0.717, 1.165) is 50.3 Å². The van der Waals surface area contributed by atoms with Gasteiger partial charge in [-0.2, -0.15) is 0 Å². The third-order valence-electron chi connectivity index (χ3n) is 4.00. The van der Waals surface area contributed by atoms with E-state index >= 15 is 0 Å². The molecule has 0 aliphatic carbocycles. The molecule has 0 atom stereocenters. The molecule has 1 fully saturated rings. The predicted octanol–water partition coefficient (Wildman–Crippen LogP) is 3.87. The molecule has 0 aromatic carbocycles. The lowest BCUT2D eigenvalue weighted by Gasteiger charge is -2.38. The first-order valence-electron chi connectivity index (χ1n) is 6.74. The van der Waals surface area contributed by atoms with Gasteiger partial charge in [0.15, 0.2) is 0 Å². The van der Waals surface area contributed by atoms with Gasteiger partial charge in [0.25, 0.3) is 0 Å². The van der Waals surface area contributed by atoms with Gasteiger partial charge < -0.3 is 5.11 Å². The number of likely N-dealkylation sites (tertiary alicyclic amines) is 1. The molecule has 1 aromatic rings. The minimum absolute atomic E-state index is 0.488. The van der Waals surface area contributed by atoms with Crippen LogP contribution in [0.25, 0.3) is 0 Å². The van der Waals surface area contributed by atoms with Crippen molar-refractivity contribution in [3.05, 3.63) is 21.3 Å². The standard InChI is InChI=1S/C14H20ClNO2S/c1-2-3-14(13(17)18)4-6-16(7-5-14)9-12-8-11(15)10-19-12/h8,10H,2-7,9H2,1H3,(H,17,18). The van der Waals surface area contributed by atoms with Gasteiger partial charge in [0.05, 0.1) is 10.4 Å². The summed E-state index contributed by atoms with van der Waals surface area (Å²) in [5, 5.41) is 12.2. The number of carbonyl (C=O) groups is 1. The summed E-state index contributed by atoms with van der Waals surface area (Å²) in [6, 6.07) is 2.00. The Balaban J connectivity index is 1.92. The van der Waals surface area contributed by atoms with Crippen molar-refractivity contribution in [2.24, 2.45) is 5.41 Å². The number of carboxylic acids is 1. The molecule has 2 rings (SSSR count). The van der Waals surface area contributed by atoms with Crippen LogP contribution >= 0.6 is 22.9 Å². The number of hydrogen-bond acceptors (Lipinski definition) is 3. The molecule has 5 heteroatoms. The maximum Gasteiger partial charge on any atom is 0.309 e. The summed E-state index contributed by atoms with van der Waals surface area (Å²) in [6.45, 7) is 4.67. The molecule has 1 aliphatic rings. The first-order valence-corrected chi connectivity index (χ1v) is 8.00. The summed E-state index contributed by atoms with van der Waals surface area (Å²) in [6.07, 6.45) is 3.25. The van der Waals surface area contributed by atoms with E-state index in [1.54, 1.807) is 11.3 Å². The molecular formula is C14H20ClNO2S. The highest BCUT2D eigenvalue weighted by Crippen LogP contribution is 2.37. The molecule has 1 aliphatic heterocycles. The molecule has 0 saturated carbocycles. The highest BCUT2D eigenvalue weighted by molar-refractivity contribution is 7.10. The van der Waals surface area contributed by atoms with Crippen molar-refractivity contribution < 1.29 is 9.90 Å². The van der Waals surface area contributed by atoms with Gasteiger partial charge in [0, 0.05) is 16.8 Å². The van der Waals surface area contributed by atoms with Crippen molar-refractivity contribution in [3.8, 4) is 0 Å². The number of piperidine rings is 1. The van der Waals surface area contributed by atoms with Crippen LogP contribution in [0.4, 0.5) is 0 Å². The van der Waals surface area contributed by atoms with Crippen molar-refractivity contribution in [1.82, 2.24) is 4.90 Å². The quantitative estimate of drug-likeness (QED) is 0.897. The highest BCUT2D eigenvalue weighted by Gasteiger charge is 2.40. The topological polar surface area (TPSA) is 40.5 Å². The van der Waals surface area contributed by atoms with E-state index in [1.807, 2.05) is 11.4 Å². The van der Waals surface area contributed by atoms with Crippen LogP contribution < -0.4 is 0 Å². The van der Waals surface area contributed by atoms with Crippen LogP contribution in [-0.2, 0) is 11.3 Å². The smallest absolute Gasteiger partial charge is 0.309 e. The van der Waals surface area contributed by atoms with E-state index in [-0.39, 0.29) is 0 Å². The molecule has 0 radical (unpaired) electrons. The van der Waals surface area contributed by atoms with Gasteiger partial charge in [-0.05, 0) is 38.4 Å². The lowest BCUT2D eigenvalue weighted by atomic mass is 9.75. The van der Waals surface area contributed by atoms with Crippen LogP contribution in [0.2, 0.25) is 5.02 Å². The Hall–Kier alpha value is -0.580. The van der Waals surface area contributed by atoms with Crippen molar-refractivity contribution in [1.29, 1.82) is 0 Å². The first-order chi connectivity index (χ1) is 9.05. The van der Waals surface area contributed by atoms with E-state index in [9.17, 15) is 9.90 Å². The molecule has 2 heterocycles. The molecule has 0 amide bonds. The second kappa shape index (κ2) is 6.25. The molecule has 1 aromatic heterocycles. The number of rotatable bonds is 5. The molecule has 1 N–H and O–H groups in total. The Morgan fingerprint density at radius 1 is 1.53 bits per heavy atom. The molecular weight excluding hydrogens is 282 g/mol. The Bertz CT molecular complexity index is 438. The number of halogens is 1. The fraction of sp³-hybridized carbons (Fsp3) is 0.643. The van der Waals surface area contributed by atoms with Crippen LogP contribution in [0.3, 0.4) is 0 Å². The van der Waals surface area contributed by atoms with Gasteiger partial charge in [0.1, 0.15) is 0 Å². The largest absolute Gasteiger partial charge is 0.481 e.